The van der Waals surface area contributed by atoms with Crippen molar-refractivity contribution in [3.63, 3.8) is 0 Å². The van der Waals surface area contributed by atoms with Crippen LogP contribution in [0.3, 0.4) is 0 Å². The molecular formula is C10H16N2O2. The molecule has 1 atom stereocenters. The monoisotopic (exact) mass is 196 g/mol. The Balaban J connectivity index is 2.47. The van der Waals surface area contributed by atoms with Crippen molar-refractivity contribution in [1.29, 1.82) is 5.26 Å². The van der Waals surface area contributed by atoms with Gasteiger partial charge in [-0.2, -0.15) is 5.26 Å². The Kier molecular flexibility index (Phi) is 3.12. The van der Waals surface area contributed by atoms with Crippen LogP contribution in [0.15, 0.2) is 0 Å². The van der Waals surface area contributed by atoms with Crippen LogP contribution in [0.5, 0.6) is 0 Å². The molecule has 4 heteroatoms. The molecule has 1 aliphatic rings. The summed E-state index contributed by atoms with van der Waals surface area (Å²) < 4.78 is 0. The Hall–Kier alpha value is -1.08. The molecule has 0 aromatic carbocycles. The van der Waals surface area contributed by atoms with Crippen molar-refractivity contribution >= 4 is 5.91 Å². The van der Waals surface area contributed by atoms with E-state index in [1.165, 1.54) is 0 Å². The number of carbonyl (C=O) groups excluding carboxylic acids is 1. The SMILES string of the molecule is CC(O)CNC(=O)C1(C#N)CC(C)C1. The van der Waals surface area contributed by atoms with Crippen LogP contribution in [-0.4, -0.2) is 23.7 Å². The van der Waals surface area contributed by atoms with Crippen LogP contribution >= 0.6 is 0 Å². The summed E-state index contributed by atoms with van der Waals surface area (Å²) in [6, 6.07) is 2.08. The van der Waals surface area contributed by atoms with Gasteiger partial charge in [0.2, 0.25) is 5.91 Å². The summed E-state index contributed by atoms with van der Waals surface area (Å²) in [4.78, 5) is 11.6. The van der Waals surface area contributed by atoms with Gasteiger partial charge in [-0.05, 0) is 25.7 Å². The topological polar surface area (TPSA) is 73.1 Å². The van der Waals surface area contributed by atoms with Crippen molar-refractivity contribution in [1.82, 2.24) is 5.32 Å². The van der Waals surface area contributed by atoms with Crippen molar-refractivity contribution in [2.45, 2.75) is 32.8 Å². The van der Waals surface area contributed by atoms with Gasteiger partial charge < -0.3 is 10.4 Å². The Morgan fingerprint density at radius 3 is 2.71 bits per heavy atom. The molecule has 0 aromatic heterocycles. The van der Waals surface area contributed by atoms with E-state index in [0.717, 1.165) is 0 Å². The average Bonchev–Trinajstić information content (AvgIpc) is 2.08. The maximum Gasteiger partial charge on any atom is 0.240 e. The second kappa shape index (κ2) is 3.97. The molecule has 1 saturated carbocycles. The maximum absolute atomic E-state index is 11.6. The quantitative estimate of drug-likeness (QED) is 0.687. The molecule has 0 aromatic rings. The molecule has 0 bridgehead atoms. The Labute approximate surface area is 83.9 Å². The zero-order valence-corrected chi connectivity index (χ0v) is 8.58. The van der Waals surface area contributed by atoms with Crippen LogP contribution in [0.25, 0.3) is 0 Å². The third-order valence-corrected chi connectivity index (χ3v) is 2.60. The minimum absolute atomic E-state index is 0.219. The number of rotatable bonds is 3. The van der Waals surface area contributed by atoms with Gasteiger partial charge in [0.05, 0.1) is 12.2 Å². The molecule has 2 N–H and O–H groups in total. The normalized spacial score (nSPS) is 32.6. The molecule has 1 rings (SSSR count). The van der Waals surface area contributed by atoms with E-state index in [1.54, 1.807) is 6.92 Å². The van der Waals surface area contributed by atoms with Gasteiger partial charge >= 0.3 is 0 Å². The molecule has 1 amide bonds. The number of hydrogen-bond acceptors (Lipinski definition) is 3. The minimum atomic E-state index is -0.825. The van der Waals surface area contributed by atoms with Crippen molar-refractivity contribution in [3.05, 3.63) is 0 Å². The van der Waals surface area contributed by atoms with E-state index in [9.17, 15) is 4.79 Å². The van der Waals surface area contributed by atoms with E-state index < -0.39 is 11.5 Å². The van der Waals surface area contributed by atoms with E-state index in [4.69, 9.17) is 10.4 Å². The van der Waals surface area contributed by atoms with Crippen LogP contribution < -0.4 is 5.32 Å². The van der Waals surface area contributed by atoms with Gasteiger partial charge in [0, 0.05) is 6.54 Å². The van der Waals surface area contributed by atoms with Gasteiger partial charge in [0.1, 0.15) is 5.41 Å². The van der Waals surface area contributed by atoms with E-state index in [-0.39, 0.29) is 12.5 Å². The first kappa shape index (κ1) is 11.0. The van der Waals surface area contributed by atoms with Gasteiger partial charge in [-0.3, -0.25) is 4.79 Å². The number of aliphatic hydroxyl groups excluding tert-OH is 1. The molecule has 4 nitrogen and oxygen atoms in total. The lowest BCUT2D eigenvalue weighted by atomic mass is 9.63. The highest BCUT2D eigenvalue weighted by atomic mass is 16.3. The maximum atomic E-state index is 11.6. The van der Waals surface area contributed by atoms with Crippen molar-refractivity contribution < 1.29 is 9.90 Å². The molecule has 78 valence electrons. The molecule has 0 aliphatic heterocycles. The molecule has 1 unspecified atom stereocenters. The fraction of sp³-hybridized carbons (Fsp3) is 0.800. The Morgan fingerprint density at radius 1 is 1.79 bits per heavy atom. The largest absolute Gasteiger partial charge is 0.392 e. The Morgan fingerprint density at radius 2 is 2.36 bits per heavy atom. The highest BCUT2D eigenvalue weighted by Gasteiger charge is 2.48. The molecule has 0 saturated heterocycles. The highest BCUT2D eigenvalue weighted by molar-refractivity contribution is 5.86. The fourth-order valence-corrected chi connectivity index (χ4v) is 1.87. The van der Waals surface area contributed by atoms with Gasteiger partial charge in [0.25, 0.3) is 0 Å². The van der Waals surface area contributed by atoms with Gasteiger partial charge in [-0.25, -0.2) is 0 Å². The molecule has 0 heterocycles. The first-order valence-electron chi connectivity index (χ1n) is 4.88. The van der Waals surface area contributed by atoms with E-state index in [0.29, 0.717) is 18.8 Å². The number of carbonyl (C=O) groups is 1. The fourth-order valence-electron chi connectivity index (χ4n) is 1.87. The predicted octanol–water partition coefficient (Wildman–Crippen LogP) is 0.423. The average molecular weight is 196 g/mol. The third kappa shape index (κ3) is 2.05. The lowest BCUT2D eigenvalue weighted by Crippen LogP contribution is -2.49. The van der Waals surface area contributed by atoms with Crippen molar-refractivity contribution in [2.75, 3.05) is 6.54 Å². The summed E-state index contributed by atoms with van der Waals surface area (Å²) in [7, 11) is 0. The van der Waals surface area contributed by atoms with Gasteiger partial charge in [-0.15, -0.1) is 0 Å². The van der Waals surface area contributed by atoms with Crippen molar-refractivity contribution in [3.8, 4) is 6.07 Å². The summed E-state index contributed by atoms with van der Waals surface area (Å²) in [6.45, 7) is 3.84. The number of hydrogen-bond donors (Lipinski definition) is 2. The Bertz CT molecular complexity index is 262. The molecule has 1 aliphatic carbocycles. The molecule has 1 fully saturated rings. The lowest BCUT2D eigenvalue weighted by molar-refractivity contribution is -0.134. The molecule has 14 heavy (non-hydrogen) atoms. The first-order chi connectivity index (χ1) is 6.50. The van der Waals surface area contributed by atoms with E-state index in [1.807, 2.05) is 6.92 Å². The predicted molar refractivity (Wildman–Crippen MR) is 51.1 cm³/mol. The first-order valence-corrected chi connectivity index (χ1v) is 4.88. The standard InChI is InChI=1S/C10H16N2O2/c1-7-3-10(4-7,6-11)9(14)12-5-8(2)13/h7-8,13H,3-5H2,1-2H3,(H,12,14). The third-order valence-electron chi connectivity index (χ3n) is 2.60. The van der Waals surface area contributed by atoms with Crippen LogP contribution in [0.1, 0.15) is 26.7 Å². The van der Waals surface area contributed by atoms with E-state index >= 15 is 0 Å². The van der Waals surface area contributed by atoms with Crippen LogP contribution in [0.2, 0.25) is 0 Å². The zero-order valence-electron chi connectivity index (χ0n) is 8.58. The number of nitriles is 1. The second-order valence-corrected chi connectivity index (χ2v) is 4.27. The number of nitrogens with one attached hydrogen (secondary N) is 1. The minimum Gasteiger partial charge on any atom is -0.392 e. The molecule has 0 radical (unpaired) electrons. The molecular weight excluding hydrogens is 180 g/mol. The summed E-state index contributed by atoms with van der Waals surface area (Å²) in [5.74, 6) is 0.214. The van der Waals surface area contributed by atoms with Crippen molar-refractivity contribution in [2.24, 2.45) is 11.3 Å². The highest BCUT2D eigenvalue weighted by Crippen LogP contribution is 2.44. The summed E-state index contributed by atoms with van der Waals surface area (Å²) in [5.41, 5.74) is -0.825. The van der Waals surface area contributed by atoms with Crippen LogP contribution in [0, 0.1) is 22.7 Å². The van der Waals surface area contributed by atoms with Crippen LogP contribution in [0.4, 0.5) is 0 Å². The summed E-state index contributed by atoms with van der Waals surface area (Å²) in [5, 5.41) is 20.5. The van der Waals surface area contributed by atoms with Gasteiger partial charge in [0.15, 0.2) is 0 Å². The lowest BCUT2D eigenvalue weighted by Gasteiger charge is -2.39. The number of aliphatic hydroxyl groups is 1. The summed E-state index contributed by atoms with van der Waals surface area (Å²) in [6.07, 6.45) is 0.705. The second-order valence-electron chi connectivity index (χ2n) is 4.27. The molecule has 0 spiro atoms. The van der Waals surface area contributed by atoms with Gasteiger partial charge in [-0.1, -0.05) is 6.92 Å². The smallest absolute Gasteiger partial charge is 0.240 e. The van der Waals surface area contributed by atoms with E-state index in [2.05, 4.69) is 11.4 Å². The summed E-state index contributed by atoms with van der Waals surface area (Å²) >= 11 is 0. The number of nitrogens with zero attached hydrogens (tertiary/aromatic N) is 1. The number of amides is 1. The van der Waals surface area contributed by atoms with Crippen LogP contribution in [-0.2, 0) is 4.79 Å². The zero-order chi connectivity index (χ0) is 10.8.